The molecule has 0 atom stereocenters. The molecule has 0 radical (unpaired) electrons. The number of aryl methyl sites for hydroxylation is 2. The zero-order valence-corrected chi connectivity index (χ0v) is 15.3. The van der Waals surface area contributed by atoms with Gasteiger partial charge in [-0.05, 0) is 42.2 Å². The lowest BCUT2D eigenvalue weighted by atomic mass is 10.1. The average molecular weight is 398 g/mol. The molecule has 3 aromatic rings. The van der Waals surface area contributed by atoms with Crippen LogP contribution in [0.5, 0.6) is 0 Å². The minimum atomic E-state index is -4.52. The molecule has 1 aliphatic heterocycles. The van der Waals surface area contributed by atoms with E-state index in [0.717, 1.165) is 23.0 Å². The summed E-state index contributed by atoms with van der Waals surface area (Å²) in [4.78, 5) is 19.4. The SMILES string of the molecule is O=C1Cc2cc(Nc3ncc(C(F)(F)F)c(CCc4ccccc4)n3)ccc2N1. The number of aromatic nitrogens is 2. The van der Waals surface area contributed by atoms with Crippen LogP contribution < -0.4 is 10.6 Å². The fourth-order valence-corrected chi connectivity index (χ4v) is 3.25. The van der Waals surface area contributed by atoms with E-state index < -0.39 is 11.7 Å². The van der Waals surface area contributed by atoms with Crippen molar-refractivity contribution in [3.8, 4) is 0 Å². The summed E-state index contributed by atoms with van der Waals surface area (Å²) >= 11 is 0. The minimum Gasteiger partial charge on any atom is -0.326 e. The standard InChI is InChI=1S/C21H17F3N4O/c22-21(23,24)16-12-25-20(28-18(16)8-6-13-4-2-1-3-5-13)26-15-7-9-17-14(10-15)11-19(29)27-17/h1-5,7,9-10,12H,6,8,11H2,(H,27,29)(H,25,26,28). The molecule has 148 valence electrons. The van der Waals surface area contributed by atoms with Crippen molar-refractivity contribution in [1.82, 2.24) is 9.97 Å². The van der Waals surface area contributed by atoms with Gasteiger partial charge in [0.05, 0.1) is 17.7 Å². The number of halogens is 3. The molecular weight excluding hydrogens is 381 g/mol. The summed E-state index contributed by atoms with van der Waals surface area (Å²) in [5.41, 5.74) is 2.20. The van der Waals surface area contributed by atoms with E-state index in [9.17, 15) is 18.0 Å². The van der Waals surface area contributed by atoms with Gasteiger partial charge >= 0.3 is 6.18 Å². The molecule has 8 heteroatoms. The van der Waals surface area contributed by atoms with E-state index in [0.29, 0.717) is 12.1 Å². The summed E-state index contributed by atoms with van der Waals surface area (Å²) in [6.07, 6.45) is -2.87. The summed E-state index contributed by atoms with van der Waals surface area (Å²) in [6.45, 7) is 0. The van der Waals surface area contributed by atoms with Crippen molar-refractivity contribution in [2.75, 3.05) is 10.6 Å². The van der Waals surface area contributed by atoms with Gasteiger partial charge in [0.1, 0.15) is 0 Å². The Morgan fingerprint density at radius 2 is 1.86 bits per heavy atom. The third-order valence-corrected chi connectivity index (χ3v) is 4.65. The highest BCUT2D eigenvalue weighted by molar-refractivity contribution is 5.99. The van der Waals surface area contributed by atoms with E-state index in [1.807, 2.05) is 30.3 Å². The number of fused-ring (bicyclic) bond motifs is 1. The predicted octanol–water partition coefficient (Wildman–Crippen LogP) is 4.52. The lowest BCUT2D eigenvalue weighted by molar-refractivity contribution is -0.138. The molecule has 0 fully saturated rings. The normalized spacial score (nSPS) is 13.1. The van der Waals surface area contributed by atoms with Crippen LogP contribution in [0.1, 0.15) is 22.4 Å². The van der Waals surface area contributed by atoms with E-state index in [1.54, 1.807) is 18.2 Å². The van der Waals surface area contributed by atoms with Gasteiger partial charge < -0.3 is 10.6 Å². The lowest BCUT2D eigenvalue weighted by Crippen LogP contribution is -2.14. The van der Waals surface area contributed by atoms with Crippen LogP contribution in [-0.2, 0) is 30.2 Å². The summed E-state index contributed by atoms with van der Waals surface area (Å²) in [5.74, 6) is -0.00979. The van der Waals surface area contributed by atoms with Gasteiger partial charge in [0.25, 0.3) is 0 Å². The Morgan fingerprint density at radius 1 is 1.07 bits per heavy atom. The van der Waals surface area contributed by atoms with Crippen LogP contribution in [-0.4, -0.2) is 15.9 Å². The molecule has 0 spiro atoms. The van der Waals surface area contributed by atoms with Gasteiger partial charge in [-0.1, -0.05) is 30.3 Å². The number of nitrogens with zero attached hydrogens (tertiary/aromatic N) is 2. The van der Waals surface area contributed by atoms with Crippen molar-refractivity contribution in [2.24, 2.45) is 0 Å². The first-order valence-corrected chi connectivity index (χ1v) is 9.05. The summed E-state index contributed by atoms with van der Waals surface area (Å²) < 4.78 is 40.1. The van der Waals surface area contributed by atoms with E-state index in [-0.39, 0.29) is 30.4 Å². The van der Waals surface area contributed by atoms with Crippen LogP contribution in [0, 0.1) is 0 Å². The van der Waals surface area contributed by atoms with Gasteiger partial charge in [-0.3, -0.25) is 4.79 Å². The average Bonchev–Trinajstić information content (AvgIpc) is 3.06. The topological polar surface area (TPSA) is 66.9 Å². The van der Waals surface area contributed by atoms with E-state index in [2.05, 4.69) is 20.6 Å². The van der Waals surface area contributed by atoms with Crippen molar-refractivity contribution in [2.45, 2.75) is 25.4 Å². The van der Waals surface area contributed by atoms with Gasteiger partial charge in [-0.2, -0.15) is 13.2 Å². The van der Waals surface area contributed by atoms with Gasteiger partial charge in [0, 0.05) is 17.6 Å². The molecule has 5 nitrogen and oxygen atoms in total. The molecule has 0 bridgehead atoms. The van der Waals surface area contributed by atoms with Crippen LogP contribution in [0.4, 0.5) is 30.5 Å². The second-order valence-corrected chi connectivity index (χ2v) is 6.76. The molecule has 1 aromatic heterocycles. The Kier molecular flexibility index (Phi) is 4.92. The Balaban J connectivity index is 1.58. The van der Waals surface area contributed by atoms with Crippen molar-refractivity contribution < 1.29 is 18.0 Å². The van der Waals surface area contributed by atoms with Crippen molar-refractivity contribution in [3.63, 3.8) is 0 Å². The molecule has 2 N–H and O–H groups in total. The van der Waals surface area contributed by atoms with Gasteiger partial charge in [-0.25, -0.2) is 9.97 Å². The summed E-state index contributed by atoms with van der Waals surface area (Å²) in [6, 6.07) is 14.5. The molecule has 29 heavy (non-hydrogen) atoms. The van der Waals surface area contributed by atoms with Crippen molar-refractivity contribution in [3.05, 3.63) is 77.1 Å². The molecule has 1 aliphatic rings. The van der Waals surface area contributed by atoms with Crippen LogP contribution in [0.2, 0.25) is 0 Å². The largest absolute Gasteiger partial charge is 0.419 e. The van der Waals surface area contributed by atoms with E-state index >= 15 is 0 Å². The van der Waals surface area contributed by atoms with Crippen LogP contribution >= 0.6 is 0 Å². The maximum absolute atomic E-state index is 13.4. The number of anilines is 3. The Hall–Kier alpha value is -3.42. The number of hydrogen-bond acceptors (Lipinski definition) is 4. The number of nitrogens with one attached hydrogen (secondary N) is 2. The third-order valence-electron chi connectivity index (χ3n) is 4.65. The number of carbonyl (C=O) groups is 1. The quantitative estimate of drug-likeness (QED) is 0.663. The Bertz CT molecular complexity index is 1050. The number of amides is 1. The molecule has 0 unspecified atom stereocenters. The molecule has 4 rings (SSSR count). The lowest BCUT2D eigenvalue weighted by Gasteiger charge is -2.14. The van der Waals surface area contributed by atoms with E-state index in [4.69, 9.17) is 0 Å². The third kappa shape index (κ3) is 4.37. The number of benzene rings is 2. The highest BCUT2D eigenvalue weighted by Gasteiger charge is 2.34. The molecule has 0 aliphatic carbocycles. The number of rotatable bonds is 5. The predicted molar refractivity (Wildman–Crippen MR) is 103 cm³/mol. The van der Waals surface area contributed by atoms with Crippen molar-refractivity contribution >= 4 is 23.2 Å². The Labute approximate surface area is 165 Å². The van der Waals surface area contributed by atoms with Crippen molar-refractivity contribution in [1.29, 1.82) is 0 Å². The van der Waals surface area contributed by atoms with Gasteiger partial charge in [0.15, 0.2) is 0 Å². The maximum atomic E-state index is 13.4. The first-order chi connectivity index (χ1) is 13.9. The number of carbonyl (C=O) groups excluding carboxylic acids is 1. The Morgan fingerprint density at radius 3 is 2.62 bits per heavy atom. The van der Waals surface area contributed by atoms with Gasteiger partial charge in [-0.15, -0.1) is 0 Å². The molecule has 2 aromatic carbocycles. The first kappa shape index (κ1) is 18.9. The summed E-state index contributed by atoms with van der Waals surface area (Å²) in [5, 5.41) is 5.67. The zero-order valence-electron chi connectivity index (χ0n) is 15.3. The monoisotopic (exact) mass is 398 g/mol. The number of hydrogen-bond donors (Lipinski definition) is 2. The molecular formula is C21H17F3N4O. The molecule has 0 saturated heterocycles. The molecule has 0 saturated carbocycles. The molecule has 1 amide bonds. The fourth-order valence-electron chi connectivity index (χ4n) is 3.25. The highest BCUT2D eigenvalue weighted by atomic mass is 19.4. The van der Waals surface area contributed by atoms with Gasteiger partial charge in [0.2, 0.25) is 11.9 Å². The summed E-state index contributed by atoms with van der Waals surface area (Å²) in [7, 11) is 0. The second-order valence-electron chi connectivity index (χ2n) is 6.76. The smallest absolute Gasteiger partial charge is 0.326 e. The first-order valence-electron chi connectivity index (χ1n) is 9.05. The van der Waals surface area contributed by atoms with Crippen LogP contribution in [0.15, 0.2) is 54.7 Å². The minimum absolute atomic E-state index is 0.0585. The second kappa shape index (κ2) is 7.54. The van der Waals surface area contributed by atoms with E-state index in [1.165, 1.54) is 0 Å². The van der Waals surface area contributed by atoms with Crippen LogP contribution in [0.25, 0.3) is 0 Å². The van der Waals surface area contributed by atoms with Crippen LogP contribution in [0.3, 0.4) is 0 Å². The molecule has 2 heterocycles. The zero-order chi connectivity index (χ0) is 20.4. The highest BCUT2D eigenvalue weighted by Crippen LogP contribution is 2.32. The number of alkyl halides is 3. The maximum Gasteiger partial charge on any atom is 0.419 e. The fraction of sp³-hybridized carbons (Fsp3) is 0.190.